The van der Waals surface area contributed by atoms with Gasteiger partial charge in [0.05, 0.1) is 19.3 Å². The Morgan fingerprint density at radius 2 is 1.80 bits per heavy atom. The minimum atomic E-state index is -0.743. The van der Waals surface area contributed by atoms with Gasteiger partial charge in [0.1, 0.15) is 17.2 Å². The maximum Gasteiger partial charge on any atom is 0.197 e. The van der Waals surface area contributed by atoms with E-state index >= 15 is 4.39 Å². The fourth-order valence-corrected chi connectivity index (χ4v) is 5.42. The van der Waals surface area contributed by atoms with Crippen LogP contribution in [0.4, 0.5) is 4.39 Å². The summed E-state index contributed by atoms with van der Waals surface area (Å²) in [6.45, 7) is 2.38. The number of benzene rings is 3. The Kier molecular flexibility index (Phi) is 7.93. The first-order valence-corrected chi connectivity index (χ1v) is 13.5. The van der Waals surface area contributed by atoms with Crippen molar-refractivity contribution in [3.05, 3.63) is 101 Å². The van der Waals surface area contributed by atoms with E-state index < -0.39 is 11.6 Å². The lowest BCUT2D eigenvalue weighted by molar-refractivity contribution is 0.105. The summed E-state index contributed by atoms with van der Waals surface area (Å²) in [6.07, 6.45) is 4.84. The monoisotopic (exact) mass is 538 g/mol. The van der Waals surface area contributed by atoms with Crippen molar-refractivity contribution in [3.8, 4) is 23.0 Å². The van der Waals surface area contributed by atoms with Crippen LogP contribution in [0.1, 0.15) is 65.6 Å². The lowest BCUT2D eigenvalue weighted by atomic mass is 9.86. The van der Waals surface area contributed by atoms with E-state index in [4.69, 9.17) is 9.47 Å². The van der Waals surface area contributed by atoms with Crippen LogP contribution >= 0.6 is 0 Å². The fourth-order valence-electron chi connectivity index (χ4n) is 5.42. The first-order valence-electron chi connectivity index (χ1n) is 13.5. The van der Waals surface area contributed by atoms with E-state index in [9.17, 15) is 15.0 Å². The highest BCUT2D eigenvalue weighted by atomic mass is 19.1. The molecule has 6 heteroatoms. The van der Waals surface area contributed by atoms with Gasteiger partial charge in [0.25, 0.3) is 0 Å². The van der Waals surface area contributed by atoms with Gasteiger partial charge in [-0.3, -0.25) is 4.79 Å². The van der Waals surface area contributed by atoms with Crippen molar-refractivity contribution in [2.45, 2.75) is 44.9 Å². The third-order valence-corrected chi connectivity index (χ3v) is 7.43. The first-order chi connectivity index (χ1) is 19.4. The molecular weight excluding hydrogens is 507 g/mol. The summed E-state index contributed by atoms with van der Waals surface area (Å²) in [5.74, 6) is -0.103. The summed E-state index contributed by atoms with van der Waals surface area (Å²) in [7, 11) is 1.57. The molecule has 2 N–H and O–H groups in total. The topological polar surface area (TPSA) is 76.0 Å². The zero-order valence-electron chi connectivity index (χ0n) is 22.6. The SMILES string of the molecule is CCCOc1c#cc(F)c2c1C(CCCc1cc(O)c3ccccc3c1O)CC=C(c1ccc(OC)cc1)C2=O. The van der Waals surface area contributed by atoms with E-state index in [1.807, 2.05) is 25.1 Å². The number of allylic oxidation sites excluding steroid dienone is 2. The highest BCUT2D eigenvalue weighted by Crippen LogP contribution is 2.42. The van der Waals surface area contributed by atoms with Crippen LogP contribution in [0.3, 0.4) is 0 Å². The van der Waals surface area contributed by atoms with Gasteiger partial charge in [-0.2, -0.15) is 4.39 Å². The predicted octanol–water partition coefficient (Wildman–Crippen LogP) is 7.56. The van der Waals surface area contributed by atoms with Gasteiger partial charge >= 0.3 is 0 Å². The van der Waals surface area contributed by atoms with Crippen molar-refractivity contribution >= 4 is 22.1 Å². The Morgan fingerprint density at radius 1 is 1.05 bits per heavy atom. The van der Waals surface area contributed by atoms with Crippen molar-refractivity contribution in [2.75, 3.05) is 13.7 Å². The van der Waals surface area contributed by atoms with Crippen LogP contribution in [-0.4, -0.2) is 29.7 Å². The Balaban J connectivity index is 1.49. The van der Waals surface area contributed by atoms with Crippen LogP contribution in [0.5, 0.6) is 23.0 Å². The molecule has 0 saturated carbocycles. The van der Waals surface area contributed by atoms with Crippen LogP contribution in [-0.2, 0) is 6.42 Å². The van der Waals surface area contributed by atoms with Crippen molar-refractivity contribution in [1.82, 2.24) is 0 Å². The number of halogens is 1. The van der Waals surface area contributed by atoms with E-state index in [1.54, 1.807) is 49.6 Å². The zero-order valence-corrected chi connectivity index (χ0v) is 22.6. The summed E-state index contributed by atoms with van der Waals surface area (Å²) in [5.41, 5.74) is 2.22. The summed E-state index contributed by atoms with van der Waals surface area (Å²) in [5, 5.41) is 22.6. The molecule has 4 aromatic rings. The number of hydrogen-bond donors (Lipinski definition) is 2. The Bertz CT molecular complexity index is 1570. The molecule has 0 amide bonds. The molecule has 5 nitrogen and oxygen atoms in total. The van der Waals surface area contributed by atoms with E-state index in [0.717, 1.165) is 6.42 Å². The quantitative estimate of drug-likeness (QED) is 0.215. The number of methoxy groups -OCH3 is 1. The molecule has 204 valence electrons. The molecule has 0 radical (unpaired) electrons. The molecule has 0 aliphatic heterocycles. The molecule has 0 aromatic heterocycles. The molecule has 0 spiro atoms. The number of ketones is 1. The van der Waals surface area contributed by atoms with Crippen LogP contribution in [0.2, 0.25) is 0 Å². The third-order valence-electron chi connectivity index (χ3n) is 7.43. The van der Waals surface area contributed by atoms with Crippen LogP contribution in [0, 0.1) is 17.9 Å². The van der Waals surface area contributed by atoms with Gasteiger partial charge in [-0.1, -0.05) is 49.4 Å². The number of aromatic hydroxyl groups is 2. The van der Waals surface area contributed by atoms with Gasteiger partial charge in [-0.15, -0.1) is 0 Å². The van der Waals surface area contributed by atoms with E-state index in [2.05, 4.69) is 12.1 Å². The summed E-state index contributed by atoms with van der Waals surface area (Å²) in [6, 6.07) is 21.2. The number of fused-ring (bicyclic) bond motifs is 2. The van der Waals surface area contributed by atoms with Gasteiger partial charge in [0, 0.05) is 21.9 Å². The molecule has 1 aliphatic rings. The fraction of sp³-hybridized carbons (Fsp3) is 0.265. The van der Waals surface area contributed by atoms with Gasteiger partial charge in [0.2, 0.25) is 0 Å². The molecule has 1 unspecified atom stereocenters. The van der Waals surface area contributed by atoms with Gasteiger partial charge in [-0.05, 0) is 79.5 Å². The molecule has 40 heavy (non-hydrogen) atoms. The Morgan fingerprint density at radius 3 is 2.52 bits per heavy atom. The van der Waals surface area contributed by atoms with Gasteiger partial charge < -0.3 is 19.7 Å². The zero-order chi connectivity index (χ0) is 28.2. The number of aryl methyl sites for hydroxylation is 1. The lowest BCUT2D eigenvalue weighted by Crippen LogP contribution is -2.12. The molecule has 1 atom stereocenters. The average Bonchev–Trinajstić information content (AvgIpc) is 3.12. The number of carbonyl (C=O) groups is 1. The van der Waals surface area contributed by atoms with Crippen LogP contribution < -0.4 is 9.47 Å². The van der Waals surface area contributed by atoms with E-state index in [1.165, 1.54) is 0 Å². The maximum absolute atomic E-state index is 15.3. The molecule has 0 fully saturated rings. The molecule has 5 rings (SSSR count). The minimum Gasteiger partial charge on any atom is -0.507 e. The molecule has 0 heterocycles. The van der Waals surface area contributed by atoms with Crippen molar-refractivity contribution < 1.29 is 28.9 Å². The van der Waals surface area contributed by atoms with Crippen molar-refractivity contribution in [1.29, 1.82) is 0 Å². The van der Waals surface area contributed by atoms with Crippen molar-refractivity contribution in [3.63, 3.8) is 0 Å². The number of ether oxygens (including phenoxy) is 2. The highest BCUT2D eigenvalue weighted by molar-refractivity contribution is 6.30. The first kappa shape index (κ1) is 27.1. The molecule has 1 aliphatic carbocycles. The van der Waals surface area contributed by atoms with E-state index in [-0.39, 0.29) is 23.0 Å². The number of carbonyl (C=O) groups excluding carboxylic acids is 1. The second kappa shape index (κ2) is 11.7. The van der Waals surface area contributed by atoms with E-state index in [0.29, 0.717) is 76.8 Å². The van der Waals surface area contributed by atoms with Crippen LogP contribution in [0.15, 0.2) is 60.7 Å². The van der Waals surface area contributed by atoms with Crippen LogP contribution in [0.25, 0.3) is 16.3 Å². The predicted molar refractivity (Wildman–Crippen MR) is 153 cm³/mol. The second-order valence-electron chi connectivity index (χ2n) is 9.98. The largest absolute Gasteiger partial charge is 0.507 e. The van der Waals surface area contributed by atoms with Gasteiger partial charge in [0.15, 0.2) is 17.3 Å². The Labute approximate surface area is 233 Å². The molecule has 0 bridgehead atoms. The van der Waals surface area contributed by atoms with Crippen molar-refractivity contribution in [2.24, 2.45) is 0 Å². The summed E-state index contributed by atoms with van der Waals surface area (Å²) in [4.78, 5) is 13.8. The lowest BCUT2D eigenvalue weighted by Gasteiger charge is -2.20. The summed E-state index contributed by atoms with van der Waals surface area (Å²) >= 11 is 0. The average molecular weight is 539 g/mol. The molecular formula is C34H31FO5. The maximum atomic E-state index is 15.3. The number of phenolic OH excluding ortho intramolecular Hbond substituents is 2. The minimum absolute atomic E-state index is 0.0272. The number of hydrogen-bond acceptors (Lipinski definition) is 5. The normalized spacial score (nSPS) is 14.7. The standard InChI is InChI=1S/C34H31FO5/c1-3-19-40-30-18-17-28(35)32-31(30)22(13-16-25(34(32)38)21-11-14-24(39-2)15-12-21)7-6-8-23-20-29(36)26-9-4-5-10-27(26)33(23)37/h4-5,9-12,14-16,20,22,36-37H,3,6-8,13,19H2,1-2H3. The third kappa shape index (κ3) is 5.20. The van der Waals surface area contributed by atoms with Gasteiger partial charge in [-0.25, -0.2) is 0 Å². The highest BCUT2D eigenvalue weighted by Gasteiger charge is 2.32. The Hall–Kier alpha value is -4.50. The number of phenols is 2. The molecule has 0 saturated heterocycles. The second-order valence-corrected chi connectivity index (χ2v) is 9.98. The number of Topliss-reactive ketones (excluding diaryl/α,β-unsaturated/α-hetero) is 1. The smallest absolute Gasteiger partial charge is 0.197 e. The molecule has 4 aromatic carbocycles. The number of rotatable bonds is 9. The summed E-state index contributed by atoms with van der Waals surface area (Å²) < 4.78 is 26.5.